The Labute approximate surface area is 67.3 Å². The van der Waals surface area contributed by atoms with Crippen LogP contribution in [0.5, 0.6) is 0 Å². The molecule has 3 N–H and O–H groups in total. The zero-order valence-electron chi connectivity index (χ0n) is 6.97. The third kappa shape index (κ3) is 2.50. The van der Waals surface area contributed by atoms with Gasteiger partial charge in [0.15, 0.2) is 0 Å². The number of rotatable bonds is 4. The van der Waals surface area contributed by atoms with E-state index in [0.717, 1.165) is 5.92 Å². The first-order valence-electron chi connectivity index (χ1n) is 4.22. The van der Waals surface area contributed by atoms with Crippen LogP contribution in [-0.4, -0.2) is 18.5 Å². The monoisotopic (exact) mass is 156 g/mol. The Morgan fingerprint density at radius 3 is 2.73 bits per heavy atom. The molecule has 3 heteroatoms. The summed E-state index contributed by atoms with van der Waals surface area (Å²) in [5.41, 5.74) is 5.00. The first-order chi connectivity index (χ1) is 5.20. The quantitative estimate of drug-likeness (QED) is 0.613. The molecule has 0 aromatic rings. The molecular weight excluding hydrogens is 140 g/mol. The van der Waals surface area contributed by atoms with Gasteiger partial charge >= 0.3 is 0 Å². The summed E-state index contributed by atoms with van der Waals surface area (Å²) < 4.78 is 0. The van der Waals surface area contributed by atoms with E-state index < -0.39 is 0 Å². The van der Waals surface area contributed by atoms with Crippen LogP contribution in [0.2, 0.25) is 0 Å². The largest absolute Gasteiger partial charge is 0.369 e. The molecule has 1 amide bonds. The molecule has 0 radical (unpaired) electrons. The van der Waals surface area contributed by atoms with Crippen molar-refractivity contribution in [3.8, 4) is 0 Å². The van der Waals surface area contributed by atoms with Gasteiger partial charge in [0.1, 0.15) is 0 Å². The minimum Gasteiger partial charge on any atom is -0.369 e. The molecule has 1 fully saturated rings. The fourth-order valence-corrected chi connectivity index (χ4v) is 1.37. The Morgan fingerprint density at radius 2 is 2.36 bits per heavy atom. The summed E-state index contributed by atoms with van der Waals surface area (Å²) in [5, 5.41) is 3.11. The molecule has 3 nitrogen and oxygen atoms in total. The Balaban J connectivity index is 2.09. The van der Waals surface area contributed by atoms with Crippen LogP contribution >= 0.6 is 0 Å². The van der Waals surface area contributed by atoms with Crippen molar-refractivity contribution in [2.45, 2.75) is 32.2 Å². The minimum atomic E-state index is -0.267. The van der Waals surface area contributed by atoms with Gasteiger partial charge in [-0.05, 0) is 25.7 Å². The Bertz CT molecular complexity index is 143. The van der Waals surface area contributed by atoms with Gasteiger partial charge in [-0.2, -0.15) is 0 Å². The van der Waals surface area contributed by atoms with Crippen LogP contribution in [0.15, 0.2) is 0 Å². The third-order valence-electron chi connectivity index (χ3n) is 2.46. The van der Waals surface area contributed by atoms with E-state index in [1.54, 1.807) is 0 Å². The van der Waals surface area contributed by atoms with Crippen molar-refractivity contribution >= 4 is 5.91 Å². The number of carbonyl (C=O) groups excluding carboxylic acids is 1. The SMILES string of the molecule is CC(NCC(N)=O)C1CCC1. The van der Waals surface area contributed by atoms with Gasteiger partial charge in [0.05, 0.1) is 6.54 Å². The van der Waals surface area contributed by atoms with Gasteiger partial charge < -0.3 is 11.1 Å². The third-order valence-corrected chi connectivity index (χ3v) is 2.46. The van der Waals surface area contributed by atoms with E-state index in [9.17, 15) is 4.79 Å². The van der Waals surface area contributed by atoms with Crippen LogP contribution in [0.1, 0.15) is 26.2 Å². The Kier molecular flexibility index (Phi) is 2.88. The van der Waals surface area contributed by atoms with Gasteiger partial charge in [-0.3, -0.25) is 4.79 Å². The van der Waals surface area contributed by atoms with Crippen LogP contribution in [-0.2, 0) is 4.79 Å². The van der Waals surface area contributed by atoms with Crippen molar-refractivity contribution in [1.82, 2.24) is 5.32 Å². The number of nitrogens with two attached hydrogens (primary N) is 1. The number of carbonyl (C=O) groups is 1. The fourth-order valence-electron chi connectivity index (χ4n) is 1.37. The highest BCUT2D eigenvalue weighted by atomic mass is 16.1. The van der Waals surface area contributed by atoms with Gasteiger partial charge in [0.2, 0.25) is 5.91 Å². The molecule has 1 unspecified atom stereocenters. The van der Waals surface area contributed by atoms with Gasteiger partial charge in [0, 0.05) is 6.04 Å². The lowest BCUT2D eigenvalue weighted by Gasteiger charge is -2.31. The van der Waals surface area contributed by atoms with E-state index in [1.807, 2.05) is 0 Å². The Morgan fingerprint density at radius 1 is 1.73 bits per heavy atom. The number of hydrogen-bond acceptors (Lipinski definition) is 2. The van der Waals surface area contributed by atoms with Crippen LogP contribution < -0.4 is 11.1 Å². The second-order valence-corrected chi connectivity index (χ2v) is 3.33. The molecule has 0 aromatic heterocycles. The summed E-state index contributed by atoms with van der Waals surface area (Å²) in [6.45, 7) is 2.43. The molecule has 1 atom stereocenters. The van der Waals surface area contributed by atoms with Crippen molar-refractivity contribution in [3.63, 3.8) is 0 Å². The fraction of sp³-hybridized carbons (Fsp3) is 0.875. The predicted molar refractivity (Wildman–Crippen MR) is 44.0 cm³/mol. The summed E-state index contributed by atoms with van der Waals surface area (Å²) in [4.78, 5) is 10.4. The van der Waals surface area contributed by atoms with Crippen molar-refractivity contribution in [3.05, 3.63) is 0 Å². The standard InChI is InChI=1S/C8H16N2O/c1-6(7-3-2-4-7)10-5-8(9)11/h6-7,10H,2-5H2,1H3,(H2,9,11). The maximum Gasteiger partial charge on any atom is 0.231 e. The van der Waals surface area contributed by atoms with Crippen molar-refractivity contribution in [2.24, 2.45) is 11.7 Å². The molecule has 11 heavy (non-hydrogen) atoms. The predicted octanol–water partition coefficient (Wildman–Crippen LogP) is 0.250. The van der Waals surface area contributed by atoms with Gasteiger partial charge in [-0.1, -0.05) is 6.42 Å². The number of amides is 1. The molecule has 0 saturated heterocycles. The highest BCUT2D eigenvalue weighted by Gasteiger charge is 2.23. The van der Waals surface area contributed by atoms with Crippen LogP contribution in [0.25, 0.3) is 0 Å². The van der Waals surface area contributed by atoms with E-state index in [0.29, 0.717) is 12.6 Å². The van der Waals surface area contributed by atoms with E-state index in [-0.39, 0.29) is 5.91 Å². The zero-order valence-corrected chi connectivity index (χ0v) is 6.97. The number of primary amides is 1. The first kappa shape index (κ1) is 8.53. The van der Waals surface area contributed by atoms with Gasteiger partial charge in [-0.15, -0.1) is 0 Å². The lowest BCUT2D eigenvalue weighted by atomic mass is 9.80. The smallest absolute Gasteiger partial charge is 0.231 e. The van der Waals surface area contributed by atoms with E-state index >= 15 is 0 Å². The van der Waals surface area contributed by atoms with E-state index in [2.05, 4.69) is 12.2 Å². The van der Waals surface area contributed by atoms with E-state index in [4.69, 9.17) is 5.73 Å². The van der Waals surface area contributed by atoms with Gasteiger partial charge in [-0.25, -0.2) is 0 Å². The highest BCUT2D eigenvalue weighted by Crippen LogP contribution is 2.29. The van der Waals surface area contributed by atoms with Gasteiger partial charge in [0.25, 0.3) is 0 Å². The molecule has 0 aromatic carbocycles. The molecular formula is C8H16N2O. The summed E-state index contributed by atoms with van der Waals surface area (Å²) in [5.74, 6) is 0.505. The summed E-state index contributed by atoms with van der Waals surface area (Å²) in [7, 11) is 0. The van der Waals surface area contributed by atoms with Crippen molar-refractivity contribution in [1.29, 1.82) is 0 Å². The normalized spacial score (nSPS) is 20.8. The van der Waals surface area contributed by atoms with Crippen molar-refractivity contribution in [2.75, 3.05) is 6.54 Å². The molecule has 64 valence electrons. The zero-order chi connectivity index (χ0) is 8.27. The molecule has 1 aliphatic rings. The van der Waals surface area contributed by atoms with Crippen LogP contribution in [0.3, 0.4) is 0 Å². The molecule has 1 aliphatic carbocycles. The molecule has 1 rings (SSSR count). The number of nitrogens with one attached hydrogen (secondary N) is 1. The lowest BCUT2D eigenvalue weighted by Crippen LogP contribution is -2.41. The maximum absolute atomic E-state index is 10.4. The molecule has 0 spiro atoms. The number of hydrogen-bond donors (Lipinski definition) is 2. The topological polar surface area (TPSA) is 55.1 Å². The molecule has 0 heterocycles. The highest BCUT2D eigenvalue weighted by molar-refractivity contribution is 5.75. The van der Waals surface area contributed by atoms with Crippen molar-refractivity contribution < 1.29 is 4.79 Å². The molecule has 0 aliphatic heterocycles. The maximum atomic E-state index is 10.4. The van der Waals surface area contributed by atoms with Crippen LogP contribution in [0.4, 0.5) is 0 Å². The lowest BCUT2D eigenvalue weighted by molar-refractivity contribution is -0.117. The second-order valence-electron chi connectivity index (χ2n) is 3.33. The van der Waals surface area contributed by atoms with E-state index in [1.165, 1.54) is 19.3 Å². The summed E-state index contributed by atoms with van der Waals surface area (Å²) >= 11 is 0. The average molecular weight is 156 g/mol. The summed E-state index contributed by atoms with van der Waals surface area (Å²) in [6, 6.07) is 0.455. The molecule has 0 bridgehead atoms. The minimum absolute atomic E-state index is 0.267. The molecule has 1 saturated carbocycles. The summed E-state index contributed by atoms with van der Waals surface area (Å²) in [6.07, 6.45) is 3.94. The second kappa shape index (κ2) is 3.72. The Hall–Kier alpha value is -0.570. The average Bonchev–Trinajstić information content (AvgIpc) is 1.79. The van der Waals surface area contributed by atoms with Crippen LogP contribution in [0, 0.1) is 5.92 Å². The first-order valence-corrected chi connectivity index (χ1v) is 4.22.